The van der Waals surface area contributed by atoms with E-state index >= 15 is 0 Å². The van der Waals surface area contributed by atoms with Crippen LogP contribution in [0.5, 0.6) is 11.5 Å². The van der Waals surface area contributed by atoms with Gasteiger partial charge >= 0.3 is 0 Å². The van der Waals surface area contributed by atoms with Crippen LogP contribution in [0.1, 0.15) is 31.4 Å². The Morgan fingerprint density at radius 2 is 1.82 bits per heavy atom. The Morgan fingerprint density at radius 1 is 1.18 bits per heavy atom. The second-order valence-electron chi connectivity index (χ2n) is 4.41. The normalized spacial score (nSPS) is 12.3. The zero-order chi connectivity index (χ0) is 12.8. The Labute approximate surface area is 104 Å². The van der Waals surface area contributed by atoms with Crippen LogP contribution in [0, 0.1) is 0 Å². The molecule has 0 aliphatic heterocycles. The lowest BCUT2D eigenvalue weighted by Crippen LogP contribution is -2.18. The second-order valence-corrected chi connectivity index (χ2v) is 4.41. The number of aryl methyl sites for hydroxylation is 1. The van der Waals surface area contributed by atoms with Crippen LogP contribution in [0.25, 0.3) is 0 Å². The smallest absolute Gasteiger partial charge is 0.125 e. The summed E-state index contributed by atoms with van der Waals surface area (Å²) in [6, 6.07) is 4.18. The van der Waals surface area contributed by atoms with Gasteiger partial charge in [0.15, 0.2) is 0 Å². The standard InChI is InChI=1S/C14H23NO2/c1-5-6-11-8-13(16-3)9-12(7-10(2)15)14(11)17-4/h8-10H,5-7,15H2,1-4H3/t10-/m1/s1. The minimum absolute atomic E-state index is 0.116. The quantitative estimate of drug-likeness (QED) is 0.827. The van der Waals surface area contributed by atoms with Crippen LogP contribution in [0.4, 0.5) is 0 Å². The molecule has 0 saturated heterocycles. The van der Waals surface area contributed by atoms with Crippen LogP contribution in [-0.4, -0.2) is 20.3 Å². The number of hydrogen-bond acceptors (Lipinski definition) is 3. The first-order valence-corrected chi connectivity index (χ1v) is 6.11. The lowest BCUT2D eigenvalue weighted by Gasteiger charge is -2.16. The van der Waals surface area contributed by atoms with E-state index in [9.17, 15) is 0 Å². The molecule has 0 aliphatic rings. The monoisotopic (exact) mass is 237 g/mol. The molecular formula is C14H23NO2. The van der Waals surface area contributed by atoms with Crippen LogP contribution in [0.2, 0.25) is 0 Å². The molecule has 0 aliphatic carbocycles. The maximum absolute atomic E-state index is 5.87. The lowest BCUT2D eigenvalue weighted by atomic mass is 9.99. The van der Waals surface area contributed by atoms with E-state index in [0.717, 1.165) is 36.3 Å². The first-order valence-electron chi connectivity index (χ1n) is 6.11. The molecule has 0 radical (unpaired) electrons. The summed E-state index contributed by atoms with van der Waals surface area (Å²) in [6.07, 6.45) is 2.88. The molecule has 0 aromatic heterocycles. The molecule has 3 heteroatoms. The SMILES string of the molecule is CCCc1cc(OC)cc(C[C@@H](C)N)c1OC. The van der Waals surface area contributed by atoms with E-state index in [2.05, 4.69) is 6.92 Å². The fourth-order valence-corrected chi connectivity index (χ4v) is 2.06. The van der Waals surface area contributed by atoms with Gasteiger partial charge in [-0.3, -0.25) is 0 Å². The zero-order valence-electron chi connectivity index (χ0n) is 11.2. The van der Waals surface area contributed by atoms with E-state index < -0.39 is 0 Å². The third-order valence-electron chi connectivity index (χ3n) is 2.72. The molecule has 1 aromatic carbocycles. The Kier molecular flexibility index (Phi) is 5.29. The predicted octanol–water partition coefficient (Wildman–Crippen LogP) is 2.55. The van der Waals surface area contributed by atoms with Crippen molar-refractivity contribution in [3.8, 4) is 11.5 Å². The van der Waals surface area contributed by atoms with Gasteiger partial charge in [0.2, 0.25) is 0 Å². The molecule has 0 unspecified atom stereocenters. The molecule has 0 fully saturated rings. The molecule has 17 heavy (non-hydrogen) atoms. The van der Waals surface area contributed by atoms with Crippen LogP contribution in [-0.2, 0) is 12.8 Å². The van der Waals surface area contributed by atoms with Crippen molar-refractivity contribution in [2.75, 3.05) is 14.2 Å². The summed E-state index contributed by atoms with van der Waals surface area (Å²) in [5, 5.41) is 0. The first kappa shape index (κ1) is 13.8. The molecule has 0 amide bonds. The lowest BCUT2D eigenvalue weighted by molar-refractivity contribution is 0.392. The van der Waals surface area contributed by atoms with E-state index in [1.807, 2.05) is 19.1 Å². The van der Waals surface area contributed by atoms with Crippen LogP contribution < -0.4 is 15.2 Å². The molecule has 96 valence electrons. The molecule has 1 aromatic rings. The van der Waals surface area contributed by atoms with Gasteiger partial charge in [0, 0.05) is 6.04 Å². The first-order chi connectivity index (χ1) is 8.12. The van der Waals surface area contributed by atoms with Gasteiger partial charge in [-0.05, 0) is 43.0 Å². The fraction of sp³-hybridized carbons (Fsp3) is 0.571. The third kappa shape index (κ3) is 3.63. The number of methoxy groups -OCH3 is 2. The van der Waals surface area contributed by atoms with Gasteiger partial charge in [-0.1, -0.05) is 13.3 Å². The molecule has 0 spiro atoms. The van der Waals surface area contributed by atoms with Gasteiger partial charge in [-0.2, -0.15) is 0 Å². The van der Waals surface area contributed by atoms with Crippen molar-refractivity contribution in [1.29, 1.82) is 0 Å². The number of benzene rings is 1. The summed E-state index contributed by atoms with van der Waals surface area (Å²) in [5.74, 6) is 1.84. The van der Waals surface area contributed by atoms with Gasteiger partial charge in [0.1, 0.15) is 11.5 Å². The largest absolute Gasteiger partial charge is 0.497 e. The molecule has 0 heterocycles. The average Bonchev–Trinajstić information content (AvgIpc) is 2.28. The number of ether oxygens (including phenoxy) is 2. The Hall–Kier alpha value is -1.22. The van der Waals surface area contributed by atoms with Gasteiger partial charge in [0.05, 0.1) is 14.2 Å². The minimum Gasteiger partial charge on any atom is -0.497 e. The predicted molar refractivity (Wildman–Crippen MR) is 70.9 cm³/mol. The summed E-state index contributed by atoms with van der Waals surface area (Å²) in [4.78, 5) is 0. The number of hydrogen-bond donors (Lipinski definition) is 1. The zero-order valence-corrected chi connectivity index (χ0v) is 11.2. The molecule has 0 saturated carbocycles. The Bertz CT molecular complexity index is 361. The summed E-state index contributed by atoms with van der Waals surface area (Å²) in [6.45, 7) is 4.16. The van der Waals surface area contributed by atoms with E-state index in [1.165, 1.54) is 5.56 Å². The van der Waals surface area contributed by atoms with Crippen molar-refractivity contribution in [2.24, 2.45) is 5.73 Å². The van der Waals surface area contributed by atoms with Crippen LogP contribution in [0.15, 0.2) is 12.1 Å². The summed E-state index contributed by atoms with van der Waals surface area (Å²) in [5.41, 5.74) is 8.20. The van der Waals surface area contributed by atoms with Gasteiger partial charge in [-0.25, -0.2) is 0 Å². The van der Waals surface area contributed by atoms with Crippen molar-refractivity contribution in [3.05, 3.63) is 23.3 Å². The van der Waals surface area contributed by atoms with E-state index in [-0.39, 0.29) is 6.04 Å². The van der Waals surface area contributed by atoms with Crippen LogP contribution >= 0.6 is 0 Å². The second kappa shape index (κ2) is 6.50. The highest BCUT2D eigenvalue weighted by molar-refractivity contribution is 5.47. The summed E-state index contributed by atoms with van der Waals surface area (Å²) >= 11 is 0. The van der Waals surface area contributed by atoms with E-state index in [0.29, 0.717) is 0 Å². The maximum Gasteiger partial charge on any atom is 0.125 e. The summed E-state index contributed by atoms with van der Waals surface area (Å²) < 4.78 is 10.8. The highest BCUT2D eigenvalue weighted by atomic mass is 16.5. The van der Waals surface area contributed by atoms with E-state index in [1.54, 1.807) is 14.2 Å². The van der Waals surface area contributed by atoms with Gasteiger partial charge in [-0.15, -0.1) is 0 Å². The Balaban J connectivity index is 3.18. The molecular weight excluding hydrogens is 214 g/mol. The van der Waals surface area contributed by atoms with Crippen LogP contribution in [0.3, 0.4) is 0 Å². The number of rotatable bonds is 6. The topological polar surface area (TPSA) is 44.5 Å². The van der Waals surface area contributed by atoms with Crippen molar-refractivity contribution in [3.63, 3.8) is 0 Å². The van der Waals surface area contributed by atoms with Crippen molar-refractivity contribution >= 4 is 0 Å². The number of nitrogens with two attached hydrogens (primary N) is 1. The van der Waals surface area contributed by atoms with E-state index in [4.69, 9.17) is 15.2 Å². The third-order valence-corrected chi connectivity index (χ3v) is 2.72. The summed E-state index contributed by atoms with van der Waals surface area (Å²) in [7, 11) is 3.40. The maximum atomic E-state index is 5.87. The van der Waals surface area contributed by atoms with Gasteiger partial charge < -0.3 is 15.2 Å². The molecule has 1 rings (SSSR count). The average molecular weight is 237 g/mol. The van der Waals surface area contributed by atoms with Gasteiger partial charge in [0.25, 0.3) is 0 Å². The van der Waals surface area contributed by atoms with Crippen molar-refractivity contribution in [1.82, 2.24) is 0 Å². The fourth-order valence-electron chi connectivity index (χ4n) is 2.06. The molecule has 1 atom stereocenters. The highest BCUT2D eigenvalue weighted by Gasteiger charge is 2.12. The van der Waals surface area contributed by atoms with Crippen molar-refractivity contribution in [2.45, 2.75) is 39.2 Å². The highest BCUT2D eigenvalue weighted by Crippen LogP contribution is 2.31. The molecule has 2 N–H and O–H groups in total. The van der Waals surface area contributed by atoms with Crippen molar-refractivity contribution < 1.29 is 9.47 Å². The molecule has 0 bridgehead atoms. The Morgan fingerprint density at radius 3 is 2.29 bits per heavy atom. The molecule has 3 nitrogen and oxygen atoms in total. The minimum atomic E-state index is 0.116.